The van der Waals surface area contributed by atoms with Gasteiger partial charge in [-0.1, -0.05) is 0 Å². The molecule has 0 aromatic carbocycles. The highest BCUT2D eigenvalue weighted by Crippen LogP contribution is 2.29. The van der Waals surface area contributed by atoms with Crippen LogP contribution in [-0.4, -0.2) is 40.1 Å². The van der Waals surface area contributed by atoms with Crippen molar-refractivity contribution in [3.8, 4) is 0 Å². The molecule has 2 aliphatic rings. The molecule has 1 aliphatic carbocycles. The lowest BCUT2D eigenvalue weighted by atomic mass is 9.99. The normalized spacial score (nSPS) is 24.0. The molecule has 19 heavy (non-hydrogen) atoms. The first-order valence-electron chi connectivity index (χ1n) is 7.80. The second kappa shape index (κ2) is 6.06. The van der Waals surface area contributed by atoms with Crippen LogP contribution in [0, 0.1) is 5.92 Å². The Morgan fingerprint density at radius 1 is 1.42 bits per heavy atom. The highest BCUT2D eigenvalue weighted by molar-refractivity contribution is 5.00. The van der Waals surface area contributed by atoms with E-state index in [9.17, 15) is 0 Å². The topological polar surface area (TPSA) is 33.1 Å². The van der Waals surface area contributed by atoms with Crippen LogP contribution in [0.4, 0.5) is 0 Å². The summed E-state index contributed by atoms with van der Waals surface area (Å²) in [5.74, 6) is 0.840. The summed E-state index contributed by atoms with van der Waals surface area (Å²) >= 11 is 0. The molecular weight excluding hydrogens is 236 g/mol. The highest BCUT2D eigenvalue weighted by Gasteiger charge is 2.31. The van der Waals surface area contributed by atoms with Crippen LogP contribution < -0.4 is 5.32 Å². The maximum Gasteiger partial charge on any atom is 0.0948 e. The van der Waals surface area contributed by atoms with E-state index < -0.39 is 0 Å². The number of aryl methyl sites for hydroxylation is 1. The minimum absolute atomic E-state index is 0.835. The first kappa shape index (κ1) is 13.1. The smallest absolute Gasteiger partial charge is 0.0948 e. The highest BCUT2D eigenvalue weighted by atomic mass is 15.2. The van der Waals surface area contributed by atoms with Gasteiger partial charge in [0.2, 0.25) is 0 Å². The van der Waals surface area contributed by atoms with E-state index in [1.807, 2.05) is 12.5 Å². The fourth-order valence-corrected chi connectivity index (χ4v) is 3.17. The standard InChI is InChI=1S/C15H26N4/c1-2-18-12-17-9-15(18)11-19(14-5-6-14)10-13-4-3-7-16-8-13/h9,12-14,16H,2-8,10-11H2,1H3. The zero-order valence-corrected chi connectivity index (χ0v) is 12.0. The van der Waals surface area contributed by atoms with Crippen molar-refractivity contribution in [3.05, 3.63) is 18.2 Å². The molecule has 106 valence electrons. The summed E-state index contributed by atoms with van der Waals surface area (Å²) < 4.78 is 2.27. The van der Waals surface area contributed by atoms with Gasteiger partial charge in [0.05, 0.1) is 12.0 Å². The average Bonchev–Trinajstić information content (AvgIpc) is 3.20. The number of nitrogens with zero attached hydrogens (tertiary/aromatic N) is 3. The Labute approximate surface area is 116 Å². The third-order valence-corrected chi connectivity index (χ3v) is 4.46. The van der Waals surface area contributed by atoms with Gasteiger partial charge in [0.1, 0.15) is 0 Å². The first-order chi connectivity index (χ1) is 9.36. The Balaban J connectivity index is 1.60. The number of rotatable bonds is 6. The lowest BCUT2D eigenvalue weighted by Gasteiger charge is -2.30. The number of piperidine rings is 1. The molecule has 1 N–H and O–H groups in total. The lowest BCUT2D eigenvalue weighted by molar-refractivity contribution is 0.189. The predicted octanol–water partition coefficient (Wildman–Crippen LogP) is 1.87. The van der Waals surface area contributed by atoms with Crippen molar-refractivity contribution < 1.29 is 0 Å². The number of imidazole rings is 1. The summed E-state index contributed by atoms with van der Waals surface area (Å²) in [6, 6.07) is 0.835. The van der Waals surface area contributed by atoms with Crippen molar-refractivity contribution >= 4 is 0 Å². The van der Waals surface area contributed by atoms with E-state index in [1.165, 1.54) is 51.0 Å². The van der Waals surface area contributed by atoms with Gasteiger partial charge in [0, 0.05) is 31.9 Å². The maximum absolute atomic E-state index is 4.30. The van der Waals surface area contributed by atoms with Crippen molar-refractivity contribution in [2.24, 2.45) is 5.92 Å². The van der Waals surface area contributed by atoms with E-state index in [2.05, 4.69) is 26.7 Å². The van der Waals surface area contributed by atoms with Crippen LogP contribution in [0.25, 0.3) is 0 Å². The summed E-state index contributed by atoms with van der Waals surface area (Å²) in [4.78, 5) is 6.99. The van der Waals surface area contributed by atoms with Crippen molar-refractivity contribution in [1.29, 1.82) is 0 Å². The third kappa shape index (κ3) is 3.37. The molecule has 1 aromatic rings. The molecular formula is C15H26N4. The van der Waals surface area contributed by atoms with Gasteiger partial charge < -0.3 is 9.88 Å². The van der Waals surface area contributed by atoms with Crippen LogP contribution in [0.15, 0.2) is 12.5 Å². The maximum atomic E-state index is 4.30. The van der Waals surface area contributed by atoms with Crippen molar-refractivity contribution in [2.45, 2.75) is 51.7 Å². The Hall–Kier alpha value is -0.870. The van der Waals surface area contributed by atoms with E-state index >= 15 is 0 Å². The minimum atomic E-state index is 0.835. The molecule has 1 aliphatic heterocycles. The Morgan fingerprint density at radius 2 is 2.32 bits per heavy atom. The van der Waals surface area contributed by atoms with Crippen LogP contribution in [-0.2, 0) is 13.1 Å². The van der Waals surface area contributed by atoms with Crippen LogP contribution >= 0.6 is 0 Å². The van der Waals surface area contributed by atoms with Crippen LogP contribution in [0.5, 0.6) is 0 Å². The van der Waals surface area contributed by atoms with Gasteiger partial charge in [-0.25, -0.2) is 4.98 Å². The zero-order chi connectivity index (χ0) is 13.1. The molecule has 1 saturated heterocycles. The van der Waals surface area contributed by atoms with Crippen LogP contribution in [0.1, 0.15) is 38.3 Å². The summed E-state index contributed by atoms with van der Waals surface area (Å²) in [7, 11) is 0. The number of hydrogen-bond acceptors (Lipinski definition) is 3. The van der Waals surface area contributed by atoms with Crippen molar-refractivity contribution in [2.75, 3.05) is 19.6 Å². The van der Waals surface area contributed by atoms with E-state index in [1.54, 1.807) is 0 Å². The van der Waals surface area contributed by atoms with E-state index in [-0.39, 0.29) is 0 Å². The van der Waals surface area contributed by atoms with Gasteiger partial charge in [0.15, 0.2) is 0 Å². The van der Waals surface area contributed by atoms with Gasteiger partial charge in [0.25, 0.3) is 0 Å². The van der Waals surface area contributed by atoms with Gasteiger partial charge in [-0.05, 0) is 51.6 Å². The first-order valence-corrected chi connectivity index (χ1v) is 7.80. The van der Waals surface area contributed by atoms with Gasteiger partial charge in [-0.15, -0.1) is 0 Å². The van der Waals surface area contributed by atoms with Crippen molar-refractivity contribution in [1.82, 2.24) is 19.8 Å². The fourth-order valence-electron chi connectivity index (χ4n) is 3.17. The number of hydrogen-bond donors (Lipinski definition) is 1. The molecule has 0 radical (unpaired) electrons. The Bertz CT molecular complexity index is 391. The SMILES string of the molecule is CCn1cncc1CN(CC1CCCNC1)C1CC1. The predicted molar refractivity (Wildman–Crippen MR) is 76.9 cm³/mol. The Morgan fingerprint density at radius 3 is 3.00 bits per heavy atom. The summed E-state index contributed by atoms with van der Waals surface area (Å²) in [6.45, 7) is 7.97. The van der Waals surface area contributed by atoms with E-state index in [0.717, 1.165) is 25.0 Å². The molecule has 1 aromatic heterocycles. The molecule has 0 amide bonds. The second-order valence-corrected chi connectivity index (χ2v) is 6.04. The quantitative estimate of drug-likeness (QED) is 0.849. The van der Waals surface area contributed by atoms with Gasteiger partial charge >= 0.3 is 0 Å². The largest absolute Gasteiger partial charge is 0.334 e. The minimum Gasteiger partial charge on any atom is -0.334 e. The monoisotopic (exact) mass is 262 g/mol. The summed E-state index contributed by atoms with van der Waals surface area (Å²) in [5, 5.41) is 3.54. The third-order valence-electron chi connectivity index (χ3n) is 4.46. The summed E-state index contributed by atoms with van der Waals surface area (Å²) in [6.07, 6.45) is 9.51. The lowest BCUT2D eigenvalue weighted by Crippen LogP contribution is -2.39. The average molecular weight is 262 g/mol. The molecule has 3 rings (SSSR count). The zero-order valence-electron chi connectivity index (χ0n) is 12.0. The Kier molecular flexibility index (Phi) is 4.18. The number of nitrogens with one attached hydrogen (secondary N) is 1. The van der Waals surface area contributed by atoms with Gasteiger partial charge in [-0.2, -0.15) is 0 Å². The fraction of sp³-hybridized carbons (Fsp3) is 0.800. The molecule has 2 heterocycles. The molecule has 4 nitrogen and oxygen atoms in total. The van der Waals surface area contributed by atoms with Gasteiger partial charge in [-0.3, -0.25) is 4.90 Å². The van der Waals surface area contributed by atoms with Crippen LogP contribution in [0.3, 0.4) is 0 Å². The molecule has 0 spiro atoms. The van der Waals surface area contributed by atoms with E-state index in [0.29, 0.717) is 0 Å². The molecule has 0 bridgehead atoms. The van der Waals surface area contributed by atoms with Crippen LogP contribution in [0.2, 0.25) is 0 Å². The summed E-state index contributed by atoms with van der Waals surface area (Å²) in [5.41, 5.74) is 1.37. The molecule has 1 saturated carbocycles. The molecule has 1 atom stereocenters. The molecule has 4 heteroatoms. The molecule has 2 fully saturated rings. The second-order valence-electron chi connectivity index (χ2n) is 6.04. The van der Waals surface area contributed by atoms with Crippen molar-refractivity contribution in [3.63, 3.8) is 0 Å². The van der Waals surface area contributed by atoms with E-state index in [4.69, 9.17) is 0 Å². The molecule has 1 unspecified atom stereocenters. The number of aromatic nitrogens is 2.